The molecule has 4 aromatic rings. The third-order valence-corrected chi connectivity index (χ3v) is 4.82. The molecule has 1 heterocycles. The fourth-order valence-corrected chi connectivity index (χ4v) is 3.30. The molecule has 0 aliphatic carbocycles. The number of aryl methyl sites for hydroxylation is 2. The average Bonchev–Trinajstić information content (AvgIpc) is 3.07. The molecule has 3 heteroatoms. The van der Waals surface area contributed by atoms with Crippen molar-refractivity contribution in [2.24, 2.45) is 0 Å². The maximum atomic E-state index is 6.08. The average molecular weight is 368 g/mol. The first-order chi connectivity index (χ1) is 13.7. The molecule has 4 rings (SSSR count). The monoisotopic (exact) mass is 368 g/mol. The van der Waals surface area contributed by atoms with E-state index in [1.165, 1.54) is 5.56 Å². The van der Waals surface area contributed by atoms with E-state index in [1.807, 2.05) is 24.3 Å². The van der Waals surface area contributed by atoms with Gasteiger partial charge in [0.15, 0.2) is 0 Å². The Bertz CT molecular complexity index is 1110. The van der Waals surface area contributed by atoms with E-state index < -0.39 is 0 Å². The number of hydrogen-bond acceptors (Lipinski definition) is 2. The minimum atomic E-state index is 0.594. The van der Waals surface area contributed by atoms with Gasteiger partial charge < -0.3 is 9.30 Å². The summed E-state index contributed by atoms with van der Waals surface area (Å²) in [6, 6.07) is 24.8. The lowest BCUT2D eigenvalue weighted by molar-refractivity contribution is 0.297. The summed E-state index contributed by atoms with van der Waals surface area (Å²) in [5.74, 6) is 1.89. The normalized spacial score (nSPS) is 11.4. The van der Waals surface area contributed by atoms with Gasteiger partial charge in [0.25, 0.3) is 0 Å². The van der Waals surface area contributed by atoms with Crippen LogP contribution in [0.1, 0.15) is 22.5 Å². The molecule has 0 amide bonds. The summed E-state index contributed by atoms with van der Waals surface area (Å²) in [4.78, 5) is 4.81. The van der Waals surface area contributed by atoms with Crippen LogP contribution in [0.4, 0.5) is 0 Å². The van der Waals surface area contributed by atoms with E-state index in [4.69, 9.17) is 9.72 Å². The van der Waals surface area contributed by atoms with Crippen LogP contribution in [0.2, 0.25) is 0 Å². The zero-order valence-corrected chi connectivity index (χ0v) is 16.3. The number of imidazole rings is 1. The zero-order valence-electron chi connectivity index (χ0n) is 16.3. The molecule has 0 unspecified atom stereocenters. The fourth-order valence-electron chi connectivity index (χ4n) is 3.30. The number of ether oxygens (including phenoxy) is 1. The van der Waals surface area contributed by atoms with Crippen LogP contribution in [-0.4, -0.2) is 16.2 Å². The summed E-state index contributed by atoms with van der Waals surface area (Å²) < 4.78 is 8.31. The third-order valence-electron chi connectivity index (χ3n) is 4.82. The number of para-hydroxylation sites is 2. The third kappa shape index (κ3) is 3.99. The van der Waals surface area contributed by atoms with Crippen LogP contribution in [0.15, 0.2) is 72.8 Å². The van der Waals surface area contributed by atoms with Gasteiger partial charge in [-0.2, -0.15) is 0 Å². The fraction of sp³-hybridized carbons (Fsp3) is 0.160. The Morgan fingerprint density at radius 3 is 2.54 bits per heavy atom. The SMILES string of the molecule is Cc1ccc(C)c(OCCn2c(/C=C/c3ccccc3)nc3ccccc32)c1. The van der Waals surface area contributed by atoms with Crippen LogP contribution in [0.25, 0.3) is 23.2 Å². The number of rotatable bonds is 6. The van der Waals surface area contributed by atoms with Gasteiger partial charge in [-0.3, -0.25) is 0 Å². The lowest BCUT2D eigenvalue weighted by atomic mass is 10.1. The Kier molecular flexibility index (Phi) is 5.24. The molecule has 0 saturated carbocycles. The smallest absolute Gasteiger partial charge is 0.133 e. The summed E-state index contributed by atoms with van der Waals surface area (Å²) in [5.41, 5.74) is 5.65. The maximum Gasteiger partial charge on any atom is 0.133 e. The molecule has 3 aromatic carbocycles. The van der Waals surface area contributed by atoms with Gasteiger partial charge in [-0.25, -0.2) is 4.98 Å². The first kappa shape index (κ1) is 18.1. The first-order valence-corrected chi connectivity index (χ1v) is 9.59. The molecule has 0 saturated heterocycles. The van der Waals surface area contributed by atoms with E-state index in [1.54, 1.807) is 0 Å². The molecular weight excluding hydrogens is 344 g/mol. The number of benzene rings is 3. The number of aromatic nitrogens is 2. The van der Waals surface area contributed by atoms with E-state index in [9.17, 15) is 0 Å². The summed E-state index contributed by atoms with van der Waals surface area (Å²) in [6.45, 7) is 5.50. The van der Waals surface area contributed by atoms with Crippen molar-refractivity contribution in [1.29, 1.82) is 0 Å². The quantitative estimate of drug-likeness (QED) is 0.423. The van der Waals surface area contributed by atoms with Gasteiger partial charge in [0, 0.05) is 0 Å². The first-order valence-electron chi connectivity index (χ1n) is 9.59. The Balaban J connectivity index is 1.58. The van der Waals surface area contributed by atoms with Crippen molar-refractivity contribution in [3.63, 3.8) is 0 Å². The Labute approximate surface area is 165 Å². The summed E-state index contributed by atoms with van der Waals surface area (Å²) in [6.07, 6.45) is 4.18. The number of fused-ring (bicyclic) bond motifs is 1. The van der Waals surface area contributed by atoms with Gasteiger partial charge >= 0.3 is 0 Å². The van der Waals surface area contributed by atoms with Gasteiger partial charge in [-0.05, 0) is 54.8 Å². The van der Waals surface area contributed by atoms with E-state index >= 15 is 0 Å². The summed E-state index contributed by atoms with van der Waals surface area (Å²) in [5, 5.41) is 0. The van der Waals surface area contributed by atoms with Crippen molar-refractivity contribution in [2.45, 2.75) is 20.4 Å². The molecule has 3 nitrogen and oxygen atoms in total. The van der Waals surface area contributed by atoms with Crippen LogP contribution in [0.5, 0.6) is 5.75 Å². The van der Waals surface area contributed by atoms with Crippen molar-refractivity contribution in [3.05, 3.63) is 95.3 Å². The molecule has 140 valence electrons. The molecule has 1 aromatic heterocycles. The summed E-state index contributed by atoms with van der Waals surface area (Å²) in [7, 11) is 0. The molecule has 28 heavy (non-hydrogen) atoms. The van der Waals surface area contributed by atoms with E-state index in [-0.39, 0.29) is 0 Å². The molecule has 0 N–H and O–H groups in total. The Hall–Kier alpha value is -3.33. The zero-order chi connectivity index (χ0) is 19.3. The van der Waals surface area contributed by atoms with E-state index in [0.717, 1.165) is 40.3 Å². The van der Waals surface area contributed by atoms with Crippen LogP contribution in [0.3, 0.4) is 0 Å². The van der Waals surface area contributed by atoms with E-state index in [0.29, 0.717) is 6.61 Å². The lowest BCUT2D eigenvalue weighted by Crippen LogP contribution is -2.10. The molecule has 0 radical (unpaired) electrons. The van der Waals surface area contributed by atoms with Crippen LogP contribution in [-0.2, 0) is 6.54 Å². The molecule has 0 aliphatic heterocycles. The van der Waals surface area contributed by atoms with E-state index in [2.05, 4.69) is 79.1 Å². The van der Waals surface area contributed by atoms with Gasteiger partial charge in [-0.1, -0.05) is 60.7 Å². The van der Waals surface area contributed by atoms with Gasteiger partial charge in [0.2, 0.25) is 0 Å². The molecule has 0 aliphatic rings. The molecule has 0 atom stereocenters. The highest BCUT2D eigenvalue weighted by atomic mass is 16.5. The van der Waals surface area contributed by atoms with Gasteiger partial charge in [-0.15, -0.1) is 0 Å². The number of hydrogen-bond donors (Lipinski definition) is 0. The van der Waals surface area contributed by atoms with Gasteiger partial charge in [0.05, 0.1) is 17.6 Å². The second-order valence-electron chi connectivity index (χ2n) is 6.97. The van der Waals surface area contributed by atoms with Crippen molar-refractivity contribution in [2.75, 3.05) is 6.61 Å². The van der Waals surface area contributed by atoms with Crippen LogP contribution < -0.4 is 4.74 Å². The van der Waals surface area contributed by atoms with Crippen molar-refractivity contribution < 1.29 is 4.74 Å². The highest BCUT2D eigenvalue weighted by molar-refractivity contribution is 5.79. The highest BCUT2D eigenvalue weighted by Gasteiger charge is 2.09. The standard InChI is InChI=1S/C25H24N2O/c1-19-12-13-20(2)24(18-19)28-17-16-27-23-11-7-6-10-22(23)26-25(27)15-14-21-8-4-3-5-9-21/h3-15,18H,16-17H2,1-2H3/b15-14+. The second-order valence-corrected chi connectivity index (χ2v) is 6.97. The largest absolute Gasteiger partial charge is 0.491 e. The minimum Gasteiger partial charge on any atom is -0.491 e. The molecule has 0 fully saturated rings. The summed E-state index contributed by atoms with van der Waals surface area (Å²) >= 11 is 0. The molecule has 0 spiro atoms. The molecular formula is C25H24N2O. The van der Waals surface area contributed by atoms with Crippen LogP contribution in [0, 0.1) is 13.8 Å². The Morgan fingerprint density at radius 2 is 1.68 bits per heavy atom. The number of nitrogens with zero attached hydrogens (tertiary/aromatic N) is 2. The minimum absolute atomic E-state index is 0.594. The van der Waals surface area contributed by atoms with Crippen molar-refractivity contribution in [3.8, 4) is 5.75 Å². The Morgan fingerprint density at radius 1 is 0.893 bits per heavy atom. The van der Waals surface area contributed by atoms with Crippen LogP contribution >= 0.6 is 0 Å². The van der Waals surface area contributed by atoms with Crippen molar-refractivity contribution >= 4 is 23.2 Å². The maximum absolute atomic E-state index is 6.08. The predicted molar refractivity (Wildman–Crippen MR) is 117 cm³/mol. The highest BCUT2D eigenvalue weighted by Crippen LogP contribution is 2.21. The second kappa shape index (κ2) is 8.13. The molecule has 0 bridgehead atoms. The lowest BCUT2D eigenvalue weighted by Gasteiger charge is -2.12. The topological polar surface area (TPSA) is 27.1 Å². The van der Waals surface area contributed by atoms with Crippen molar-refractivity contribution in [1.82, 2.24) is 9.55 Å². The van der Waals surface area contributed by atoms with Gasteiger partial charge in [0.1, 0.15) is 18.2 Å². The predicted octanol–water partition coefficient (Wildman–Crippen LogP) is 5.90.